The summed E-state index contributed by atoms with van der Waals surface area (Å²) in [4.78, 5) is 18.3. The first-order chi connectivity index (χ1) is 9.72. The molecule has 118 valence electrons. The normalized spacial score (nSPS) is 19.4. The third kappa shape index (κ3) is 4.41. The minimum Gasteiger partial charge on any atom is -0.342 e. The van der Waals surface area contributed by atoms with Crippen molar-refractivity contribution < 1.29 is 9.32 Å². The Balaban J connectivity index is 0.00000161. The first-order valence-electron chi connectivity index (χ1n) is 7.51. The van der Waals surface area contributed by atoms with Crippen LogP contribution in [0.3, 0.4) is 0 Å². The van der Waals surface area contributed by atoms with Crippen molar-refractivity contribution in [3.63, 3.8) is 0 Å². The van der Waals surface area contributed by atoms with Crippen molar-refractivity contribution in [3.8, 4) is 0 Å². The fourth-order valence-electron chi connectivity index (χ4n) is 2.67. The number of nitrogens with zero attached hydrogens (tertiary/aromatic N) is 3. The molecule has 0 aromatic carbocycles. The van der Waals surface area contributed by atoms with E-state index in [1.807, 2.05) is 11.8 Å². The summed E-state index contributed by atoms with van der Waals surface area (Å²) in [5.41, 5.74) is 0. The molecule has 3 rings (SSSR count). The van der Waals surface area contributed by atoms with Gasteiger partial charge in [-0.25, -0.2) is 0 Å². The monoisotopic (exact) mass is 314 g/mol. The van der Waals surface area contributed by atoms with Crippen molar-refractivity contribution in [2.45, 2.75) is 38.5 Å². The quantitative estimate of drug-likeness (QED) is 0.892. The summed E-state index contributed by atoms with van der Waals surface area (Å²) in [5, 5.41) is 7.09. The summed E-state index contributed by atoms with van der Waals surface area (Å²) in [6.07, 6.45) is 4.46. The Labute approximate surface area is 131 Å². The maximum Gasteiger partial charge on any atom is 0.236 e. The van der Waals surface area contributed by atoms with Crippen molar-refractivity contribution in [2.24, 2.45) is 5.92 Å². The molecule has 1 saturated carbocycles. The van der Waals surface area contributed by atoms with Crippen LogP contribution in [0.5, 0.6) is 0 Å². The topological polar surface area (TPSA) is 71.3 Å². The molecule has 21 heavy (non-hydrogen) atoms. The number of nitrogens with one attached hydrogen (secondary N) is 1. The number of rotatable bonds is 5. The summed E-state index contributed by atoms with van der Waals surface area (Å²) in [7, 11) is 0. The molecule has 7 heteroatoms. The predicted octanol–water partition coefficient (Wildman–Crippen LogP) is 1.51. The van der Waals surface area contributed by atoms with Crippen molar-refractivity contribution in [3.05, 3.63) is 11.7 Å². The largest absolute Gasteiger partial charge is 0.342 e. The number of piperidine rings is 1. The van der Waals surface area contributed by atoms with Crippen LogP contribution in [0.25, 0.3) is 0 Å². The molecule has 1 aromatic rings. The molecule has 0 unspecified atom stereocenters. The molecule has 1 aliphatic carbocycles. The van der Waals surface area contributed by atoms with Gasteiger partial charge in [0.1, 0.15) is 0 Å². The van der Waals surface area contributed by atoms with Gasteiger partial charge in [0.05, 0.1) is 6.54 Å². The smallest absolute Gasteiger partial charge is 0.236 e. The van der Waals surface area contributed by atoms with Gasteiger partial charge in [0.15, 0.2) is 5.82 Å². The van der Waals surface area contributed by atoms with Crippen LogP contribution < -0.4 is 5.32 Å². The fraction of sp³-hybridized carbons (Fsp3) is 0.786. The summed E-state index contributed by atoms with van der Waals surface area (Å²) in [6, 6.07) is 0. The van der Waals surface area contributed by atoms with Crippen molar-refractivity contribution in [1.29, 1.82) is 0 Å². The van der Waals surface area contributed by atoms with Crippen molar-refractivity contribution in [2.75, 3.05) is 26.2 Å². The number of amides is 1. The number of hydrogen-bond acceptors (Lipinski definition) is 5. The highest BCUT2D eigenvalue weighted by Crippen LogP contribution is 2.28. The number of aromatic nitrogens is 2. The van der Waals surface area contributed by atoms with Crippen molar-refractivity contribution >= 4 is 18.3 Å². The lowest BCUT2D eigenvalue weighted by atomic mass is 9.97. The van der Waals surface area contributed by atoms with Crippen LogP contribution >= 0.6 is 12.4 Å². The molecule has 2 fully saturated rings. The third-order valence-electron chi connectivity index (χ3n) is 4.15. The third-order valence-corrected chi connectivity index (χ3v) is 4.15. The van der Waals surface area contributed by atoms with Gasteiger partial charge in [0, 0.05) is 19.0 Å². The van der Waals surface area contributed by atoms with Crippen LogP contribution in [-0.2, 0) is 4.79 Å². The molecule has 1 N–H and O–H groups in total. The van der Waals surface area contributed by atoms with E-state index < -0.39 is 0 Å². The zero-order chi connectivity index (χ0) is 13.9. The van der Waals surface area contributed by atoms with E-state index in [1.165, 1.54) is 12.8 Å². The first kappa shape index (κ1) is 16.2. The van der Waals surface area contributed by atoms with E-state index in [-0.39, 0.29) is 18.3 Å². The van der Waals surface area contributed by atoms with E-state index >= 15 is 0 Å². The maximum absolute atomic E-state index is 12.1. The molecule has 0 spiro atoms. The lowest BCUT2D eigenvalue weighted by molar-refractivity contribution is -0.131. The summed E-state index contributed by atoms with van der Waals surface area (Å²) < 4.78 is 5.22. The standard InChI is InChI=1S/C14H22N4O2.ClH/c1-10-16-14(20-17-10)12-4-6-18(7-5-12)13(19)9-15-8-11-2-3-11;/h11-12,15H,2-9H2,1H3;1H. The second-order valence-electron chi connectivity index (χ2n) is 5.91. The minimum absolute atomic E-state index is 0. The van der Waals surface area contributed by atoms with Crippen LogP contribution in [0.2, 0.25) is 0 Å². The van der Waals surface area contributed by atoms with Gasteiger partial charge in [-0.1, -0.05) is 5.16 Å². The van der Waals surface area contributed by atoms with Gasteiger partial charge in [0.25, 0.3) is 0 Å². The van der Waals surface area contributed by atoms with Gasteiger partial charge in [0.2, 0.25) is 11.8 Å². The molecule has 1 saturated heterocycles. The van der Waals surface area contributed by atoms with E-state index in [4.69, 9.17) is 4.52 Å². The van der Waals surface area contributed by atoms with Gasteiger partial charge in [-0.3, -0.25) is 4.79 Å². The van der Waals surface area contributed by atoms with Crippen LogP contribution in [0.15, 0.2) is 4.52 Å². The average molecular weight is 315 g/mol. The molecule has 1 amide bonds. The molecule has 0 atom stereocenters. The summed E-state index contributed by atoms with van der Waals surface area (Å²) in [6.45, 7) is 4.87. The highest BCUT2D eigenvalue weighted by molar-refractivity contribution is 5.85. The van der Waals surface area contributed by atoms with Gasteiger partial charge in [-0.05, 0) is 45.1 Å². The predicted molar refractivity (Wildman–Crippen MR) is 80.4 cm³/mol. The van der Waals surface area contributed by atoms with Crippen LogP contribution in [0, 0.1) is 12.8 Å². The van der Waals surface area contributed by atoms with Gasteiger partial charge in [-0.2, -0.15) is 4.98 Å². The van der Waals surface area contributed by atoms with E-state index in [1.54, 1.807) is 0 Å². The Hall–Kier alpha value is -1.14. The second kappa shape index (κ2) is 7.22. The van der Waals surface area contributed by atoms with Gasteiger partial charge < -0.3 is 14.7 Å². The number of carbonyl (C=O) groups is 1. The number of aryl methyl sites for hydroxylation is 1. The Kier molecular flexibility index (Phi) is 5.58. The Morgan fingerprint density at radius 3 is 2.62 bits per heavy atom. The molecule has 6 nitrogen and oxygen atoms in total. The molecule has 0 radical (unpaired) electrons. The number of halogens is 1. The van der Waals surface area contributed by atoms with E-state index in [9.17, 15) is 4.79 Å². The molecule has 2 heterocycles. The zero-order valence-corrected chi connectivity index (χ0v) is 13.2. The van der Waals surface area contributed by atoms with Crippen LogP contribution in [-0.4, -0.2) is 47.1 Å². The molecular formula is C14H23ClN4O2. The molecule has 1 aliphatic heterocycles. The zero-order valence-electron chi connectivity index (χ0n) is 12.4. The molecule has 2 aliphatic rings. The number of hydrogen-bond donors (Lipinski definition) is 1. The molecule has 0 bridgehead atoms. The van der Waals surface area contributed by atoms with Gasteiger partial charge >= 0.3 is 0 Å². The Bertz CT molecular complexity index is 467. The molecule has 1 aromatic heterocycles. The summed E-state index contributed by atoms with van der Waals surface area (Å²) >= 11 is 0. The fourth-order valence-corrected chi connectivity index (χ4v) is 2.67. The Morgan fingerprint density at radius 1 is 1.33 bits per heavy atom. The van der Waals surface area contributed by atoms with E-state index in [0.717, 1.165) is 44.3 Å². The SMILES string of the molecule is Cc1noc(C2CCN(C(=O)CNCC3CC3)CC2)n1.Cl. The van der Waals surface area contributed by atoms with E-state index in [0.29, 0.717) is 18.3 Å². The van der Waals surface area contributed by atoms with Gasteiger partial charge in [-0.15, -0.1) is 12.4 Å². The number of likely N-dealkylation sites (tertiary alicyclic amines) is 1. The second-order valence-corrected chi connectivity index (χ2v) is 5.91. The summed E-state index contributed by atoms with van der Waals surface area (Å²) in [5.74, 6) is 2.74. The first-order valence-corrected chi connectivity index (χ1v) is 7.51. The van der Waals surface area contributed by atoms with Crippen LogP contribution in [0.4, 0.5) is 0 Å². The minimum atomic E-state index is 0. The van der Waals surface area contributed by atoms with E-state index in [2.05, 4.69) is 15.5 Å². The lowest BCUT2D eigenvalue weighted by Crippen LogP contribution is -2.42. The molecular weight excluding hydrogens is 292 g/mol. The average Bonchev–Trinajstić information content (AvgIpc) is 3.18. The van der Waals surface area contributed by atoms with Crippen molar-refractivity contribution in [1.82, 2.24) is 20.4 Å². The maximum atomic E-state index is 12.1. The number of carbonyl (C=O) groups excluding carboxylic acids is 1. The highest BCUT2D eigenvalue weighted by atomic mass is 35.5. The van der Waals surface area contributed by atoms with Crippen LogP contribution in [0.1, 0.15) is 43.3 Å². The highest BCUT2D eigenvalue weighted by Gasteiger charge is 2.27. The Morgan fingerprint density at radius 2 is 2.05 bits per heavy atom. The lowest BCUT2D eigenvalue weighted by Gasteiger charge is -2.30.